The second-order valence-electron chi connectivity index (χ2n) is 7.19. The molecule has 172 valence electrons. The van der Waals surface area contributed by atoms with Crippen LogP contribution in [-0.2, 0) is 9.59 Å². The van der Waals surface area contributed by atoms with Crippen molar-refractivity contribution in [3.63, 3.8) is 0 Å². The van der Waals surface area contributed by atoms with E-state index in [1.54, 1.807) is 48.5 Å². The molecule has 9 nitrogen and oxygen atoms in total. The van der Waals surface area contributed by atoms with Gasteiger partial charge in [0.25, 0.3) is 5.91 Å². The highest BCUT2D eigenvalue weighted by Crippen LogP contribution is 2.30. The topological polar surface area (TPSA) is 118 Å². The Balaban J connectivity index is 1.44. The van der Waals surface area contributed by atoms with Gasteiger partial charge in [0.2, 0.25) is 11.8 Å². The molecule has 2 aromatic carbocycles. The number of nitrogens with one attached hydrogen (secondary N) is 4. The molecule has 2 aromatic rings. The van der Waals surface area contributed by atoms with Crippen LogP contribution in [0.25, 0.3) is 6.08 Å². The SMILES string of the molecule is COc1ccc(/C=C/C(=O)NC(=S)NNC(=O)c2ccc(NC(=O)C3CC3)cc2)cc1OC. The van der Waals surface area contributed by atoms with Crippen molar-refractivity contribution in [3.8, 4) is 11.5 Å². The molecule has 4 N–H and O–H groups in total. The Hall–Kier alpha value is -3.92. The number of ether oxygens (including phenoxy) is 2. The lowest BCUT2D eigenvalue weighted by Gasteiger charge is -2.10. The number of hydrogen-bond acceptors (Lipinski definition) is 6. The summed E-state index contributed by atoms with van der Waals surface area (Å²) >= 11 is 5.02. The van der Waals surface area contributed by atoms with E-state index >= 15 is 0 Å². The van der Waals surface area contributed by atoms with Crippen LogP contribution in [0.15, 0.2) is 48.5 Å². The Morgan fingerprint density at radius 3 is 2.30 bits per heavy atom. The molecule has 1 saturated carbocycles. The number of anilines is 1. The first kappa shape index (κ1) is 23.7. The molecule has 0 radical (unpaired) electrons. The zero-order chi connectivity index (χ0) is 23.8. The Morgan fingerprint density at radius 1 is 0.970 bits per heavy atom. The van der Waals surface area contributed by atoms with Crippen LogP contribution in [0.3, 0.4) is 0 Å². The fourth-order valence-electron chi connectivity index (χ4n) is 2.79. The first-order valence-corrected chi connectivity index (χ1v) is 10.5. The monoisotopic (exact) mass is 468 g/mol. The van der Waals surface area contributed by atoms with Crippen molar-refractivity contribution in [1.82, 2.24) is 16.2 Å². The van der Waals surface area contributed by atoms with Gasteiger partial charge >= 0.3 is 0 Å². The second-order valence-corrected chi connectivity index (χ2v) is 7.59. The van der Waals surface area contributed by atoms with E-state index in [1.165, 1.54) is 20.3 Å². The highest BCUT2D eigenvalue weighted by atomic mass is 32.1. The van der Waals surface area contributed by atoms with E-state index in [1.807, 2.05) is 0 Å². The molecule has 1 fully saturated rings. The number of hydrazine groups is 1. The molecule has 0 atom stereocenters. The zero-order valence-corrected chi connectivity index (χ0v) is 19.0. The highest BCUT2D eigenvalue weighted by molar-refractivity contribution is 7.80. The molecule has 0 aliphatic heterocycles. The van der Waals surface area contributed by atoms with Gasteiger partial charge in [0, 0.05) is 23.2 Å². The van der Waals surface area contributed by atoms with Gasteiger partial charge in [-0.1, -0.05) is 6.07 Å². The molecule has 1 aliphatic carbocycles. The number of rotatable bonds is 7. The summed E-state index contributed by atoms with van der Waals surface area (Å²) in [7, 11) is 3.07. The van der Waals surface area contributed by atoms with E-state index in [-0.39, 0.29) is 16.9 Å². The number of benzene rings is 2. The number of carbonyl (C=O) groups excluding carboxylic acids is 3. The van der Waals surface area contributed by atoms with Gasteiger partial charge in [0.05, 0.1) is 14.2 Å². The predicted octanol–water partition coefficient (Wildman–Crippen LogP) is 2.40. The second kappa shape index (κ2) is 11.1. The van der Waals surface area contributed by atoms with Gasteiger partial charge in [-0.2, -0.15) is 0 Å². The maximum absolute atomic E-state index is 12.2. The average Bonchev–Trinajstić information content (AvgIpc) is 3.67. The van der Waals surface area contributed by atoms with Crippen LogP contribution in [0.1, 0.15) is 28.8 Å². The molecule has 0 unspecified atom stereocenters. The fraction of sp³-hybridized carbons (Fsp3) is 0.217. The van der Waals surface area contributed by atoms with E-state index in [2.05, 4.69) is 21.5 Å². The largest absolute Gasteiger partial charge is 0.493 e. The molecule has 0 aromatic heterocycles. The average molecular weight is 469 g/mol. The molecule has 0 bridgehead atoms. The Bertz CT molecular complexity index is 1080. The molecule has 0 heterocycles. The van der Waals surface area contributed by atoms with Crippen molar-refractivity contribution in [2.45, 2.75) is 12.8 Å². The van der Waals surface area contributed by atoms with Crippen molar-refractivity contribution < 1.29 is 23.9 Å². The van der Waals surface area contributed by atoms with Crippen LogP contribution < -0.4 is 31.0 Å². The number of amides is 3. The first-order valence-electron chi connectivity index (χ1n) is 10.1. The van der Waals surface area contributed by atoms with Crippen molar-refractivity contribution in [1.29, 1.82) is 0 Å². The molecule has 33 heavy (non-hydrogen) atoms. The number of thiocarbonyl (C=S) groups is 1. The summed E-state index contributed by atoms with van der Waals surface area (Å²) in [6, 6.07) is 11.7. The van der Waals surface area contributed by atoms with E-state index < -0.39 is 11.8 Å². The smallest absolute Gasteiger partial charge is 0.269 e. The van der Waals surface area contributed by atoms with Gasteiger partial charge < -0.3 is 14.8 Å². The number of carbonyl (C=O) groups is 3. The molecule has 1 aliphatic rings. The summed E-state index contributed by atoms with van der Waals surface area (Å²) in [5, 5.41) is 5.16. The number of methoxy groups -OCH3 is 2. The van der Waals surface area contributed by atoms with Crippen molar-refractivity contribution in [2.24, 2.45) is 5.92 Å². The first-order chi connectivity index (χ1) is 15.9. The molecular weight excluding hydrogens is 444 g/mol. The van der Waals surface area contributed by atoms with Crippen LogP contribution in [0.5, 0.6) is 11.5 Å². The minimum absolute atomic E-state index is 0.00450. The van der Waals surface area contributed by atoms with Crippen molar-refractivity contribution in [2.75, 3.05) is 19.5 Å². The Labute approximate surface area is 196 Å². The Morgan fingerprint density at radius 2 is 1.67 bits per heavy atom. The molecular formula is C23H24N4O5S. The van der Waals surface area contributed by atoms with Crippen LogP contribution in [0.2, 0.25) is 0 Å². The normalized spacial score (nSPS) is 12.5. The van der Waals surface area contributed by atoms with Crippen LogP contribution in [0.4, 0.5) is 5.69 Å². The molecule has 0 spiro atoms. The van der Waals surface area contributed by atoms with Gasteiger partial charge in [0.15, 0.2) is 16.6 Å². The summed E-state index contributed by atoms with van der Waals surface area (Å²) in [5.41, 5.74) is 6.59. The summed E-state index contributed by atoms with van der Waals surface area (Å²) in [6.07, 6.45) is 4.72. The van der Waals surface area contributed by atoms with Crippen LogP contribution in [0, 0.1) is 5.92 Å². The van der Waals surface area contributed by atoms with Crippen LogP contribution >= 0.6 is 12.2 Å². The van der Waals surface area contributed by atoms with Crippen molar-refractivity contribution in [3.05, 3.63) is 59.7 Å². The lowest BCUT2D eigenvalue weighted by molar-refractivity contribution is -0.117. The highest BCUT2D eigenvalue weighted by Gasteiger charge is 2.29. The molecule has 0 saturated heterocycles. The third-order valence-corrected chi connectivity index (χ3v) is 4.93. The molecule has 3 rings (SSSR count). The third kappa shape index (κ3) is 7.04. The molecule has 3 amide bonds. The lowest BCUT2D eigenvalue weighted by atomic mass is 10.2. The summed E-state index contributed by atoms with van der Waals surface area (Å²) < 4.78 is 10.4. The van der Waals surface area contributed by atoms with E-state index in [4.69, 9.17) is 21.7 Å². The maximum atomic E-state index is 12.2. The number of hydrogen-bond donors (Lipinski definition) is 4. The van der Waals surface area contributed by atoms with Gasteiger partial charge in [-0.25, -0.2) is 0 Å². The quantitative estimate of drug-likeness (QED) is 0.280. The summed E-state index contributed by atoms with van der Waals surface area (Å²) in [6.45, 7) is 0. The minimum atomic E-state index is -0.479. The Kier molecular flexibility index (Phi) is 7.98. The maximum Gasteiger partial charge on any atom is 0.269 e. The zero-order valence-electron chi connectivity index (χ0n) is 18.1. The van der Waals surface area contributed by atoms with E-state index in [9.17, 15) is 14.4 Å². The van der Waals surface area contributed by atoms with Gasteiger partial charge in [0.1, 0.15) is 0 Å². The summed E-state index contributed by atoms with van der Waals surface area (Å²) in [5.74, 6) is 0.286. The van der Waals surface area contributed by atoms with Gasteiger partial charge in [-0.15, -0.1) is 0 Å². The fourth-order valence-corrected chi connectivity index (χ4v) is 2.95. The van der Waals surface area contributed by atoms with Gasteiger partial charge in [-0.05, 0) is 73.1 Å². The molecule has 10 heteroatoms. The van der Waals surface area contributed by atoms with Crippen molar-refractivity contribution >= 4 is 46.8 Å². The van der Waals surface area contributed by atoms with Gasteiger partial charge in [-0.3, -0.25) is 30.6 Å². The standard InChI is InChI=1S/C23H24N4O5S/c1-31-18-11-3-14(13-19(18)32-2)4-12-20(28)25-23(33)27-26-22(30)16-7-9-17(10-8-16)24-21(29)15-5-6-15/h3-4,7-13,15H,5-6H2,1-2H3,(H,24,29)(H,26,30)(H2,25,27,28,33)/b12-4+. The minimum Gasteiger partial charge on any atom is -0.493 e. The predicted molar refractivity (Wildman–Crippen MR) is 128 cm³/mol. The van der Waals surface area contributed by atoms with Crippen LogP contribution in [-0.4, -0.2) is 37.1 Å². The lowest BCUT2D eigenvalue weighted by Crippen LogP contribution is -2.48. The summed E-state index contributed by atoms with van der Waals surface area (Å²) in [4.78, 5) is 36.1. The third-order valence-electron chi connectivity index (χ3n) is 4.72. The van der Waals surface area contributed by atoms with E-state index in [0.717, 1.165) is 18.4 Å². The van der Waals surface area contributed by atoms with E-state index in [0.29, 0.717) is 22.7 Å².